The molecule has 0 saturated carbocycles. The van der Waals surface area contributed by atoms with Crippen LogP contribution in [-0.2, 0) is 9.59 Å². The van der Waals surface area contributed by atoms with Crippen molar-refractivity contribution in [2.75, 3.05) is 14.1 Å². The Bertz CT molecular complexity index is 727. The van der Waals surface area contributed by atoms with Crippen molar-refractivity contribution in [3.8, 4) is 0 Å². The number of nitrogens with zero attached hydrogens (tertiary/aromatic N) is 1. The lowest BCUT2D eigenvalue weighted by Gasteiger charge is -2.05. The van der Waals surface area contributed by atoms with Crippen molar-refractivity contribution in [3.63, 3.8) is 0 Å². The summed E-state index contributed by atoms with van der Waals surface area (Å²) in [7, 11) is 3.14. The third-order valence-electron chi connectivity index (χ3n) is 3.40. The van der Waals surface area contributed by atoms with Gasteiger partial charge in [0.2, 0.25) is 0 Å². The lowest BCUT2D eigenvalue weighted by atomic mass is 10.0. The number of hydrogen-bond donors (Lipinski definition) is 2. The molecule has 5 heteroatoms. The molecule has 0 unspecified atom stereocenters. The highest BCUT2D eigenvalue weighted by Gasteiger charge is 2.36. The van der Waals surface area contributed by atoms with Crippen molar-refractivity contribution in [2.45, 2.75) is 0 Å². The number of carbonyl (C=O) groups excluding carboxylic acids is 2. The van der Waals surface area contributed by atoms with Crippen LogP contribution in [0.15, 0.2) is 36.2 Å². The largest absolute Gasteiger partial charge is 0.383 e. The van der Waals surface area contributed by atoms with Gasteiger partial charge < -0.3 is 10.3 Å². The first-order valence-electron chi connectivity index (χ1n) is 5.96. The summed E-state index contributed by atoms with van der Waals surface area (Å²) >= 11 is 0. The quantitative estimate of drug-likeness (QED) is 0.790. The zero-order chi connectivity index (χ0) is 13.6. The molecule has 1 aliphatic heterocycles. The van der Waals surface area contributed by atoms with Crippen LogP contribution in [0.5, 0.6) is 0 Å². The van der Waals surface area contributed by atoms with Crippen LogP contribution in [0.1, 0.15) is 5.56 Å². The third kappa shape index (κ3) is 1.48. The Morgan fingerprint density at radius 1 is 1.16 bits per heavy atom. The maximum atomic E-state index is 12.2. The number of rotatable bonds is 2. The second-order valence-corrected chi connectivity index (χ2v) is 4.42. The topological polar surface area (TPSA) is 65.2 Å². The molecule has 0 fully saturated rings. The summed E-state index contributed by atoms with van der Waals surface area (Å²) in [5.41, 5.74) is 2.46. The number of hydrogen-bond acceptors (Lipinski definition) is 3. The lowest BCUT2D eigenvalue weighted by molar-refractivity contribution is -0.135. The van der Waals surface area contributed by atoms with Gasteiger partial charge in [-0.3, -0.25) is 14.5 Å². The zero-order valence-corrected chi connectivity index (χ0v) is 10.7. The maximum absolute atomic E-state index is 12.2. The Labute approximate surface area is 109 Å². The van der Waals surface area contributed by atoms with E-state index in [0.29, 0.717) is 11.3 Å². The van der Waals surface area contributed by atoms with Crippen molar-refractivity contribution < 1.29 is 9.59 Å². The van der Waals surface area contributed by atoms with Crippen LogP contribution in [0, 0.1) is 0 Å². The Morgan fingerprint density at radius 3 is 2.63 bits per heavy atom. The van der Waals surface area contributed by atoms with Crippen LogP contribution >= 0.6 is 0 Å². The summed E-state index contributed by atoms with van der Waals surface area (Å²) in [4.78, 5) is 28.4. The average molecular weight is 255 g/mol. The van der Waals surface area contributed by atoms with Gasteiger partial charge in [0.15, 0.2) is 0 Å². The van der Waals surface area contributed by atoms with E-state index in [0.717, 1.165) is 21.4 Å². The number of nitrogens with one attached hydrogen (secondary N) is 2. The van der Waals surface area contributed by atoms with Gasteiger partial charge in [-0.1, -0.05) is 18.2 Å². The molecule has 2 heterocycles. The molecule has 2 amide bonds. The molecule has 0 bridgehead atoms. The minimum absolute atomic E-state index is 0.279. The van der Waals surface area contributed by atoms with Gasteiger partial charge in [-0.25, -0.2) is 0 Å². The number of amides is 2. The molecular formula is C14H13N3O2. The Morgan fingerprint density at radius 2 is 1.89 bits per heavy atom. The number of H-pyrrole nitrogens is 1. The monoisotopic (exact) mass is 255 g/mol. The molecule has 5 nitrogen and oxygen atoms in total. The maximum Gasteiger partial charge on any atom is 0.277 e. The molecule has 2 aromatic rings. The highest BCUT2D eigenvalue weighted by Crippen LogP contribution is 2.31. The number of para-hydroxylation sites is 1. The Hall–Kier alpha value is -2.56. The summed E-state index contributed by atoms with van der Waals surface area (Å²) in [6.07, 6.45) is 1.77. The second-order valence-electron chi connectivity index (χ2n) is 4.42. The van der Waals surface area contributed by atoms with Crippen LogP contribution in [0.4, 0.5) is 0 Å². The summed E-state index contributed by atoms with van der Waals surface area (Å²) in [5.74, 6) is -0.577. The highest BCUT2D eigenvalue weighted by molar-refractivity contribution is 6.36. The number of benzene rings is 1. The minimum Gasteiger partial charge on any atom is -0.383 e. The second kappa shape index (κ2) is 3.98. The van der Waals surface area contributed by atoms with Crippen molar-refractivity contribution in [2.24, 2.45) is 0 Å². The zero-order valence-electron chi connectivity index (χ0n) is 10.7. The first-order chi connectivity index (χ1) is 9.15. The van der Waals surface area contributed by atoms with E-state index < -0.39 is 0 Å². The predicted octanol–water partition coefficient (Wildman–Crippen LogP) is 1.10. The van der Waals surface area contributed by atoms with Crippen LogP contribution in [0.25, 0.3) is 16.5 Å². The molecule has 1 aliphatic rings. The van der Waals surface area contributed by atoms with E-state index in [1.807, 2.05) is 24.3 Å². The molecule has 19 heavy (non-hydrogen) atoms. The fourth-order valence-electron chi connectivity index (χ4n) is 2.40. The van der Waals surface area contributed by atoms with Gasteiger partial charge in [-0.15, -0.1) is 0 Å². The molecule has 0 saturated heterocycles. The fraction of sp³-hybridized carbons (Fsp3) is 0.143. The molecule has 0 atom stereocenters. The van der Waals surface area contributed by atoms with Gasteiger partial charge in [-0.05, 0) is 6.07 Å². The molecule has 1 aromatic carbocycles. The van der Waals surface area contributed by atoms with Gasteiger partial charge in [0.25, 0.3) is 11.8 Å². The molecular weight excluding hydrogens is 242 g/mol. The number of aromatic nitrogens is 1. The molecule has 0 spiro atoms. The minimum atomic E-state index is -0.298. The molecule has 96 valence electrons. The van der Waals surface area contributed by atoms with Gasteiger partial charge in [0.05, 0.1) is 5.57 Å². The Kier molecular flexibility index (Phi) is 2.41. The molecule has 2 N–H and O–H groups in total. The van der Waals surface area contributed by atoms with E-state index in [1.54, 1.807) is 13.2 Å². The van der Waals surface area contributed by atoms with E-state index in [1.165, 1.54) is 7.05 Å². The van der Waals surface area contributed by atoms with E-state index in [4.69, 9.17) is 0 Å². The summed E-state index contributed by atoms with van der Waals surface area (Å²) in [6, 6.07) is 7.69. The van der Waals surface area contributed by atoms with Gasteiger partial charge in [0, 0.05) is 36.8 Å². The van der Waals surface area contributed by atoms with Crippen molar-refractivity contribution >= 4 is 28.3 Å². The number of aromatic amines is 1. The van der Waals surface area contributed by atoms with Crippen LogP contribution in [0.2, 0.25) is 0 Å². The van der Waals surface area contributed by atoms with Crippen LogP contribution < -0.4 is 5.32 Å². The van der Waals surface area contributed by atoms with Crippen molar-refractivity contribution in [1.29, 1.82) is 0 Å². The number of likely N-dealkylation sites (N-methyl/N-ethyl adjacent to an activating group) is 2. The first kappa shape index (κ1) is 11.5. The smallest absolute Gasteiger partial charge is 0.277 e. The number of imide groups is 1. The molecule has 3 rings (SSSR count). The third-order valence-corrected chi connectivity index (χ3v) is 3.40. The van der Waals surface area contributed by atoms with E-state index in [2.05, 4.69) is 10.3 Å². The normalized spacial score (nSPS) is 15.8. The predicted molar refractivity (Wildman–Crippen MR) is 72.1 cm³/mol. The lowest BCUT2D eigenvalue weighted by Crippen LogP contribution is -2.28. The average Bonchev–Trinajstić information content (AvgIpc) is 2.93. The summed E-state index contributed by atoms with van der Waals surface area (Å²) < 4.78 is 0. The Balaban J connectivity index is 2.28. The summed E-state index contributed by atoms with van der Waals surface area (Å²) in [6.45, 7) is 0. The SMILES string of the molecule is CNC1=C(c2c[nH]c3ccccc23)C(=O)N(C)C1=O. The van der Waals surface area contributed by atoms with Gasteiger partial charge >= 0.3 is 0 Å². The highest BCUT2D eigenvalue weighted by atomic mass is 16.2. The van der Waals surface area contributed by atoms with Crippen molar-refractivity contribution in [3.05, 3.63) is 41.7 Å². The standard InChI is InChI=1S/C14H13N3O2/c1-15-12-11(13(18)17(2)14(12)19)9-7-16-10-6-4-3-5-8(9)10/h3-7,15-16H,1-2H3. The van der Waals surface area contributed by atoms with Crippen LogP contribution in [0.3, 0.4) is 0 Å². The molecule has 0 radical (unpaired) electrons. The van der Waals surface area contributed by atoms with Crippen molar-refractivity contribution in [1.82, 2.24) is 15.2 Å². The molecule has 0 aliphatic carbocycles. The van der Waals surface area contributed by atoms with Crippen LogP contribution in [-0.4, -0.2) is 35.8 Å². The van der Waals surface area contributed by atoms with E-state index in [-0.39, 0.29) is 11.8 Å². The van der Waals surface area contributed by atoms with E-state index >= 15 is 0 Å². The summed E-state index contributed by atoms with van der Waals surface area (Å²) in [5, 5.41) is 3.76. The number of carbonyl (C=O) groups is 2. The van der Waals surface area contributed by atoms with E-state index in [9.17, 15) is 9.59 Å². The first-order valence-corrected chi connectivity index (χ1v) is 5.96. The number of fused-ring (bicyclic) bond motifs is 1. The fourth-order valence-corrected chi connectivity index (χ4v) is 2.40. The van der Waals surface area contributed by atoms with Gasteiger partial charge in [0.1, 0.15) is 5.70 Å². The van der Waals surface area contributed by atoms with Gasteiger partial charge in [-0.2, -0.15) is 0 Å². The molecule has 1 aromatic heterocycles.